The summed E-state index contributed by atoms with van der Waals surface area (Å²) in [5, 5.41) is 8.37. The fourth-order valence-corrected chi connectivity index (χ4v) is 2.44. The number of carbonyl (C=O) groups is 1. The van der Waals surface area contributed by atoms with Crippen LogP contribution < -0.4 is 10.6 Å². The third-order valence-corrected chi connectivity index (χ3v) is 3.65. The van der Waals surface area contributed by atoms with Gasteiger partial charge in [0.1, 0.15) is 5.01 Å². The molecule has 0 bridgehead atoms. The maximum absolute atomic E-state index is 11.8. The van der Waals surface area contributed by atoms with E-state index < -0.39 is 0 Å². The van der Waals surface area contributed by atoms with Crippen molar-refractivity contribution in [3.63, 3.8) is 0 Å². The number of benzene rings is 1. The van der Waals surface area contributed by atoms with Crippen LogP contribution in [0.4, 0.5) is 4.79 Å². The number of nitrogens with one attached hydrogen (secondary N) is 2. The number of rotatable bonds is 7. The molecular weight excluding hydrogens is 286 g/mol. The van der Waals surface area contributed by atoms with Gasteiger partial charge in [0.25, 0.3) is 0 Å². The van der Waals surface area contributed by atoms with Crippen LogP contribution >= 0.6 is 11.3 Å². The van der Waals surface area contributed by atoms with Crippen LogP contribution in [-0.4, -0.2) is 24.2 Å². The van der Waals surface area contributed by atoms with E-state index in [1.807, 2.05) is 42.6 Å². The molecule has 0 aliphatic rings. The minimum Gasteiger partial charge on any atom is -0.372 e. The second-order valence-corrected chi connectivity index (χ2v) is 5.32. The fourth-order valence-electron chi connectivity index (χ4n) is 1.89. The van der Waals surface area contributed by atoms with Crippen molar-refractivity contribution in [2.45, 2.75) is 19.6 Å². The summed E-state index contributed by atoms with van der Waals surface area (Å²) in [5.74, 6) is 0. The first-order chi connectivity index (χ1) is 10.3. The molecule has 0 spiro atoms. The number of aromatic nitrogens is 1. The van der Waals surface area contributed by atoms with E-state index in [2.05, 4.69) is 15.6 Å². The number of thiazole rings is 1. The van der Waals surface area contributed by atoms with Crippen molar-refractivity contribution in [2.24, 2.45) is 0 Å². The van der Waals surface area contributed by atoms with Gasteiger partial charge in [-0.2, -0.15) is 0 Å². The third-order valence-electron chi connectivity index (χ3n) is 2.87. The first-order valence-corrected chi connectivity index (χ1v) is 7.74. The van der Waals surface area contributed by atoms with Crippen molar-refractivity contribution in [3.8, 4) is 0 Å². The Bertz CT molecular complexity index is 531. The molecule has 0 aliphatic carbocycles. The van der Waals surface area contributed by atoms with E-state index in [4.69, 9.17) is 4.74 Å². The van der Waals surface area contributed by atoms with Gasteiger partial charge in [0, 0.05) is 24.7 Å². The highest BCUT2D eigenvalue weighted by atomic mass is 32.1. The lowest BCUT2D eigenvalue weighted by Gasteiger charge is -2.18. The molecular formula is C15H19N3O2S. The minimum absolute atomic E-state index is 0.137. The zero-order valence-corrected chi connectivity index (χ0v) is 12.7. The molecule has 5 nitrogen and oxygen atoms in total. The first kappa shape index (κ1) is 15.5. The Morgan fingerprint density at radius 3 is 2.81 bits per heavy atom. The smallest absolute Gasteiger partial charge is 0.315 e. The number of hydrogen-bond acceptors (Lipinski definition) is 4. The molecule has 1 aromatic carbocycles. The molecule has 0 saturated carbocycles. The van der Waals surface area contributed by atoms with E-state index in [1.165, 1.54) is 11.3 Å². The molecule has 1 heterocycles. The summed E-state index contributed by atoms with van der Waals surface area (Å²) in [7, 11) is 0. The Morgan fingerprint density at radius 2 is 2.14 bits per heavy atom. The molecule has 2 aromatic rings. The summed E-state index contributed by atoms with van der Waals surface area (Å²) < 4.78 is 5.68. The molecule has 0 radical (unpaired) electrons. The lowest BCUT2D eigenvalue weighted by molar-refractivity contribution is 0.0639. The van der Waals surface area contributed by atoms with Crippen molar-refractivity contribution in [1.29, 1.82) is 0 Å². The highest BCUT2D eigenvalue weighted by Gasteiger charge is 2.12. The van der Waals surface area contributed by atoms with E-state index in [1.54, 1.807) is 6.20 Å². The van der Waals surface area contributed by atoms with Gasteiger partial charge in [-0.05, 0) is 12.5 Å². The summed E-state index contributed by atoms with van der Waals surface area (Å²) in [6, 6.07) is 9.66. The van der Waals surface area contributed by atoms with Crippen LogP contribution in [0.3, 0.4) is 0 Å². The van der Waals surface area contributed by atoms with Gasteiger partial charge in [0.05, 0.1) is 12.6 Å². The van der Waals surface area contributed by atoms with Gasteiger partial charge >= 0.3 is 6.03 Å². The van der Waals surface area contributed by atoms with Crippen LogP contribution in [0.25, 0.3) is 0 Å². The maximum atomic E-state index is 11.8. The van der Waals surface area contributed by atoms with Crippen LogP contribution in [0.2, 0.25) is 0 Å². The summed E-state index contributed by atoms with van der Waals surface area (Å²) in [4.78, 5) is 15.9. The second kappa shape index (κ2) is 8.39. The predicted molar refractivity (Wildman–Crippen MR) is 83.2 cm³/mol. The lowest BCUT2D eigenvalue weighted by Crippen LogP contribution is -2.37. The zero-order chi connectivity index (χ0) is 14.9. The molecule has 0 saturated heterocycles. The van der Waals surface area contributed by atoms with Crippen molar-refractivity contribution in [1.82, 2.24) is 15.6 Å². The Kier molecular flexibility index (Phi) is 6.18. The molecule has 6 heteroatoms. The van der Waals surface area contributed by atoms with Crippen LogP contribution in [0.1, 0.15) is 23.6 Å². The molecule has 0 fully saturated rings. The van der Waals surface area contributed by atoms with Crippen molar-refractivity contribution >= 4 is 17.4 Å². The number of urea groups is 1. The Morgan fingerprint density at radius 1 is 1.33 bits per heavy atom. The van der Waals surface area contributed by atoms with Gasteiger partial charge in [-0.1, -0.05) is 30.3 Å². The van der Waals surface area contributed by atoms with Crippen LogP contribution in [0.15, 0.2) is 41.9 Å². The molecule has 0 aliphatic heterocycles. The van der Waals surface area contributed by atoms with Gasteiger partial charge in [-0.3, -0.25) is 0 Å². The number of carbonyl (C=O) groups excluding carboxylic acids is 1. The number of nitrogens with zero attached hydrogens (tertiary/aromatic N) is 1. The van der Waals surface area contributed by atoms with E-state index >= 15 is 0 Å². The highest BCUT2D eigenvalue weighted by molar-refractivity contribution is 7.09. The molecule has 0 unspecified atom stereocenters. The minimum atomic E-state index is -0.217. The summed E-state index contributed by atoms with van der Waals surface area (Å²) in [5.41, 5.74) is 1.06. The quantitative estimate of drug-likeness (QED) is 0.826. The normalized spacial score (nSPS) is 11.9. The van der Waals surface area contributed by atoms with Crippen molar-refractivity contribution < 1.29 is 9.53 Å². The van der Waals surface area contributed by atoms with E-state index in [9.17, 15) is 4.79 Å². The average Bonchev–Trinajstić information content (AvgIpc) is 3.03. The topological polar surface area (TPSA) is 63.2 Å². The summed E-state index contributed by atoms with van der Waals surface area (Å²) in [6.07, 6.45) is 1.59. The van der Waals surface area contributed by atoms with Crippen LogP contribution in [-0.2, 0) is 11.3 Å². The number of ether oxygens (including phenoxy) is 1. The van der Waals surface area contributed by atoms with Gasteiger partial charge in [-0.25, -0.2) is 9.78 Å². The molecule has 2 amide bonds. The Labute approximate surface area is 128 Å². The van der Waals surface area contributed by atoms with Crippen LogP contribution in [0.5, 0.6) is 0 Å². The maximum Gasteiger partial charge on any atom is 0.315 e. The summed E-state index contributed by atoms with van der Waals surface area (Å²) in [6.45, 7) is 3.41. The largest absolute Gasteiger partial charge is 0.372 e. The van der Waals surface area contributed by atoms with E-state index in [0.29, 0.717) is 19.7 Å². The molecule has 1 atom stereocenters. The Balaban J connectivity index is 1.80. The molecule has 2 N–H and O–H groups in total. The second-order valence-electron chi connectivity index (χ2n) is 4.34. The van der Waals surface area contributed by atoms with Crippen LogP contribution in [0, 0.1) is 0 Å². The first-order valence-electron chi connectivity index (χ1n) is 6.86. The molecule has 112 valence electrons. The highest BCUT2D eigenvalue weighted by Crippen LogP contribution is 2.15. The fraction of sp³-hybridized carbons (Fsp3) is 0.333. The van der Waals surface area contributed by atoms with Gasteiger partial charge in [-0.15, -0.1) is 11.3 Å². The molecule has 2 rings (SSSR count). The third kappa shape index (κ3) is 5.17. The summed E-state index contributed by atoms with van der Waals surface area (Å²) >= 11 is 1.52. The van der Waals surface area contributed by atoms with Gasteiger partial charge in [0.2, 0.25) is 0 Å². The monoisotopic (exact) mass is 305 g/mol. The van der Waals surface area contributed by atoms with Crippen molar-refractivity contribution in [2.75, 3.05) is 13.2 Å². The Hall–Kier alpha value is -1.92. The lowest BCUT2D eigenvalue weighted by atomic mass is 10.1. The van der Waals surface area contributed by atoms with E-state index in [0.717, 1.165) is 10.6 Å². The van der Waals surface area contributed by atoms with Gasteiger partial charge in [0.15, 0.2) is 0 Å². The van der Waals surface area contributed by atoms with Crippen molar-refractivity contribution in [3.05, 3.63) is 52.5 Å². The molecule has 1 aromatic heterocycles. The zero-order valence-electron chi connectivity index (χ0n) is 11.9. The number of amides is 2. The number of hydrogen-bond donors (Lipinski definition) is 2. The van der Waals surface area contributed by atoms with Gasteiger partial charge < -0.3 is 15.4 Å². The standard InChI is InChI=1S/C15H19N3O2S/c1-2-20-13(12-6-4-3-5-7-12)10-17-15(19)18-11-14-16-8-9-21-14/h3-9,13H,2,10-11H2,1H3,(H2,17,18,19)/t13-/m1/s1. The molecule has 21 heavy (non-hydrogen) atoms. The predicted octanol–water partition coefficient (Wildman–Crippen LogP) is 2.72. The SMILES string of the molecule is CCO[C@H](CNC(=O)NCc1nccs1)c1ccccc1. The average molecular weight is 305 g/mol. The van der Waals surface area contributed by atoms with E-state index in [-0.39, 0.29) is 12.1 Å².